The summed E-state index contributed by atoms with van der Waals surface area (Å²) in [5.41, 5.74) is 1.95. The van der Waals surface area contributed by atoms with Crippen molar-refractivity contribution in [2.24, 2.45) is 7.05 Å². The molecule has 166 valence electrons. The minimum atomic E-state index is -0.891. The van der Waals surface area contributed by atoms with E-state index in [0.717, 1.165) is 29.8 Å². The van der Waals surface area contributed by atoms with Crippen LogP contribution in [0.1, 0.15) is 53.3 Å². The van der Waals surface area contributed by atoms with E-state index >= 15 is 0 Å². The average Bonchev–Trinajstić information content (AvgIpc) is 3.24. The normalized spacial score (nSPS) is 23.5. The Morgan fingerprint density at radius 1 is 1.19 bits per heavy atom. The van der Waals surface area contributed by atoms with E-state index in [9.17, 15) is 9.90 Å². The topological polar surface area (TPSA) is 102 Å². The van der Waals surface area contributed by atoms with Crippen molar-refractivity contribution in [2.45, 2.75) is 43.2 Å². The highest BCUT2D eigenvalue weighted by Gasteiger charge is 2.44. The molecule has 1 saturated heterocycles. The van der Waals surface area contributed by atoms with E-state index in [1.54, 1.807) is 18.6 Å². The zero-order chi connectivity index (χ0) is 22.1. The fourth-order valence-corrected chi connectivity index (χ4v) is 4.57. The van der Waals surface area contributed by atoms with Crippen molar-refractivity contribution in [3.05, 3.63) is 65.9 Å². The Bertz CT molecular complexity index is 1100. The van der Waals surface area contributed by atoms with Gasteiger partial charge in [-0.05, 0) is 24.5 Å². The first-order valence-electron chi connectivity index (χ1n) is 11.0. The van der Waals surface area contributed by atoms with E-state index in [0.29, 0.717) is 37.6 Å². The van der Waals surface area contributed by atoms with E-state index < -0.39 is 5.60 Å². The molecule has 0 atom stereocenters. The number of aromatic nitrogens is 4. The highest BCUT2D eigenvalue weighted by Crippen LogP contribution is 2.41. The standard InChI is InChI=1S/C24H27N5O3/c1-29-15-25-14-21(29)22-27-19(16-7-9-32-10-8-16)11-20(28-22)23(30)26-18-12-24(31,13-18)17-5-3-2-4-6-17/h2-6,11,14-16,18,31H,7-10,12-13H2,1H3,(H,26,30). The quantitative estimate of drug-likeness (QED) is 0.641. The number of amides is 1. The van der Waals surface area contributed by atoms with Gasteiger partial charge in [0, 0.05) is 50.8 Å². The van der Waals surface area contributed by atoms with Crippen molar-refractivity contribution in [2.75, 3.05) is 13.2 Å². The van der Waals surface area contributed by atoms with Crippen molar-refractivity contribution >= 4 is 5.91 Å². The summed E-state index contributed by atoms with van der Waals surface area (Å²) < 4.78 is 7.33. The number of aliphatic hydroxyl groups is 1. The highest BCUT2D eigenvalue weighted by molar-refractivity contribution is 5.93. The maximum absolute atomic E-state index is 13.1. The molecule has 0 unspecified atom stereocenters. The van der Waals surface area contributed by atoms with Crippen LogP contribution in [0.4, 0.5) is 0 Å². The summed E-state index contributed by atoms with van der Waals surface area (Å²) in [7, 11) is 1.88. The predicted octanol–water partition coefficient (Wildman–Crippen LogP) is 2.55. The van der Waals surface area contributed by atoms with Crippen molar-refractivity contribution in [3.8, 4) is 11.5 Å². The summed E-state index contributed by atoms with van der Waals surface area (Å²) in [4.78, 5) is 26.6. The smallest absolute Gasteiger partial charge is 0.270 e. The summed E-state index contributed by atoms with van der Waals surface area (Å²) in [5.74, 6) is 0.481. The largest absolute Gasteiger partial charge is 0.385 e. The van der Waals surface area contributed by atoms with Gasteiger partial charge in [-0.2, -0.15) is 0 Å². The Balaban J connectivity index is 1.36. The number of nitrogens with one attached hydrogen (secondary N) is 1. The number of imidazole rings is 1. The van der Waals surface area contributed by atoms with Crippen molar-refractivity contribution in [1.82, 2.24) is 24.8 Å². The molecule has 1 amide bonds. The summed E-state index contributed by atoms with van der Waals surface area (Å²) >= 11 is 0. The zero-order valence-electron chi connectivity index (χ0n) is 18.1. The number of hydrogen-bond acceptors (Lipinski definition) is 6. The van der Waals surface area contributed by atoms with Gasteiger partial charge in [0.15, 0.2) is 5.82 Å². The van der Waals surface area contributed by atoms with Crippen LogP contribution in [-0.4, -0.2) is 49.8 Å². The van der Waals surface area contributed by atoms with Gasteiger partial charge < -0.3 is 19.7 Å². The van der Waals surface area contributed by atoms with Crippen LogP contribution in [0.5, 0.6) is 0 Å². The van der Waals surface area contributed by atoms with Crippen LogP contribution >= 0.6 is 0 Å². The van der Waals surface area contributed by atoms with E-state index in [4.69, 9.17) is 9.72 Å². The molecule has 8 heteroatoms. The van der Waals surface area contributed by atoms with E-state index in [-0.39, 0.29) is 17.9 Å². The van der Waals surface area contributed by atoms with E-state index in [1.807, 2.05) is 41.9 Å². The number of benzene rings is 1. The molecule has 8 nitrogen and oxygen atoms in total. The number of carbonyl (C=O) groups is 1. The van der Waals surface area contributed by atoms with E-state index in [1.165, 1.54) is 0 Å². The number of hydrogen-bond donors (Lipinski definition) is 2. The van der Waals surface area contributed by atoms with Gasteiger partial charge in [0.2, 0.25) is 0 Å². The Morgan fingerprint density at radius 3 is 2.62 bits per heavy atom. The third-order valence-electron chi connectivity index (χ3n) is 6.48. The second-order valence-electron chi connectivity index (χ2n) is 8.75. The molecule has 0 bridgehead atoms. The van der Waals surface area contributed by atoms with Crippen molar-refractivity contribution in [3.63, 3.8) is 0 Å². The molecule has 0 spiro atoms. The fraction of sp³-hybridized carbons (Fsp3) is 0.417. The molecule has 5 rings (SSSR count). The van der Waals surface area contributed by atoms with Gasteiger partial charge in [-0.1, -0.05) is 30.3 Å². The van der Waals surface area contributed by atoms with Gasteiger partial charge in [0.05, 0.1) is 18.1 Å². The molecule has 1 aliphatic heterocycles. The van der Waals surface area contributed by atoms with Gasteiger partial charge in [0.1, 0.15) is 11.4 Å². The average molecular weight is 434 g/mol. The van der Waals surface area contributed by atoms with Crippen molar-refractivity contribution in [1.29, 1.82) is 0 Å². The molecule has 32 heavy (non-hydrogen) atoms. The minimum absolute atomic E-state index is 0.102. The third-order valence-corrected chi connectivity index (χ3v) is 6.48. The molecule has 2 fully saturated rings. The molecule has 1 aromatic carbocycles. The molecule has 1 aliphatic carbocycles. The first kappa shape index (κ1) is 20.8. The Hall–Kier alpha value is -3.10. The lowest BCUT2D eigenvalue weighted by Gasteiger charge is -2.44. The van der Waals surface area contributed by atoms with Gasteiger partial charge in [-0.3, -0.25) is 4.79 Å². The number of rotatable bonds is 5. The second-order valence-corrected chi connectivity index (χ2v) is 8.75. The summed E-state index contributed by atoms with van der Waals surface area (Å²) in [6.07, 6.45) is 6.10. The van der Waals surface area contributed by atoms with Crippen LogP contribution in [0.25, 0.3) is 11.5 Å². The summed E-state index contributed by atoms with van der Waals surface area (Å²) in [6.45, 7) is 1.38. The molecular formula is C24H27N5O3. The lowest BCUT2D eigenvalue weighted by molar-refractivity contribution is -0.0595. The predicted molar refractivity (Wildman–Crippen MR) is 118 cm³/mol. The Kier molecular flexibility index (Phi) is 5.48. The first-order valence-corrected chi connectivity index (χ1v) is 11.0. The fourth-order valence-electron chi connectivity index (χ4n) is 4.57. The monoisotopic (exact) mass is 433 g/mol. The lowest BCUT2D eigenvalue weighted by atomic mass is 9.71. The molecule has 2 aliphatic rings. The number of aryl methyl sites for hydroxylation is 1. The highest BCUT2D eigenvalue weighted by atomic mass is 16.5. The van der Waals surface area contributed by atoms with Gasteiger partial charge in [-0.25, -0.2) is 15.0 Å². The molecular weight excluding hydrogens is 406 g/mol. The van der Waals surface area contributed by atoms with Gasteiger partial charge in [0.25, 0.3) is 5.91 Å². The Labute approximate surface area is 186 Å². The number of carbonyl (C=O) groups excluding carboxylic acids is 1. The SMILES string of the molecule is Cn1cncc1-c1nc(C(=O)NC2CC(O)(c3ccccc3)C2)cc(C2CCOCC2)n1. The first-order chi connectivity index (χ1) is 15.5. The molecule has 1 saturated carbocycles. The summed E-state index contributed by atoms with van der Waals surface area (Å²) in [5, 5.41) is 13.9. The maximum atomic E-state index is 13.1. The van der Waals surface area contributed by atoms with Crippen LogP contribution in [0.2, 0.25) is 0 Å². The molecule has 0 radical (unpaired) electrons. The van der Waals surface area contributed by atoms with Gasteiger partial charge in [-0.15, -0.1) is 0 Å². The molecule has 3 heterocycles. The van der Waals surface area contributed by atoms with Crippen molar-refractivity contribution < 1.29 is 14.6 Å². The number of nitrogens with zero attached hydrogens (tertiary/aromatic N) is 4. The van der Waals surface area contributed by atoms with Gasteiger partial charge >= 0.3 is 0 Å². The van der Waals surface area contributed by atoms with Crippen LogP contribution in [0.15, 0.2) is 48.9 Å². The third kappa shape index (κ3) is 4.03. The Morgan fingerprint density at radius 2 is 1.94 bits per heavy atom. The number of ether oxygens (including phenoxy) is 1. The molecule has 3 aromatic rings. The van der Waals surface area contributed by atoms with Crippen LogP contribution in [0, 0.1) is 0 Å². The maximum Gasteiger partial charge on any atom is 0.270 e. The molecule has 2 N–H and O–H groups in total. The zero-order valence-corrected chi connectivity index (χ0v) is 18.1. The second kappa shape index (κ2) is 8.44. The lowest BCUT2D eigenvalue weighted by Crippen LogP contribution is -2.53. The minimum Gasteiger partial charge on any atom is -0.385 e. The van der Waals surface area contributed by atoms with E-state index in [2.05, 4.69) is 15.3 Å². The van der Waals surface area contributed by atoms with Crippen LogP contribution in [-0.2, 0) is 17.4 Å². The molecule has 2 aromatic heterocycles. The van der Waals surface area contributed by atoms with Crippen LogP contribution < -0.4 is 5.32 Å². The van der Waals surface area contributed by atoms with Crippen LogP contribution in [0.3, 0.4) is 0 Å². The summed E-state index contributed by atoms with van der Waals surface area (Å²) in [6, 6.07) is 11.3.